The van der Waals surface area contributed by atoms with Crippen LogP contribution in [0.5, 0.6) is 0 Å². The van der Waals surface area contributed by atoms with Gasteiger partial charge in [-0.25, -0.2) is 9.97 Å². The van der Waals surface area contributed by atoms with E-state index < -0.39 is 7.14 Å². The van der Waals surface area contributed by atoms with Crippen LogP contribution in [-0.2, 0) is 4.57 Å². The van der Waals surface area contributed by atoms with E-state index in [1.807, 2.05) is 72.8 Å². The molecule has 1 atom stereocenters. The van der Waals surface area contributed by atoms with E-state index in [1.165, 1.54) is 5.56 Å². The molecule has 7 aromatic carbocycles. The lowest BCUT2D eigenvalue weighted by molar-refractivity contribution is 0.593. The van der Waals surface area contributed by atoms with Gasteiger partial charge in [0.25, 0.3) is 0 Å². The van der Waals surface area contributed by atoms with Crippen LogP contribution in [0.4, 0.5) is 0 Å². The average Bonchev–Trinajstić information content (AvgIpc) is 3.69. The maximum Gasteiger partial charge on any atom is 0.172 e. The van der Waals surface area contributed by atoms with Gasteiger partial charge in [0.1, 0.15) is 5.82 Å². The summed E-state index contributed by atoms with van der Waals surface area (Å²) in [6.07, 6.45) is 0. The first-order valence-corrected chi connectivity index (χ1v) is 18.8. The Morgan fingerprint density at radius 2 is 1.08 bits per heavy atom. The van der Waals surface area contributed by atoms with Crippen LogP contribution >= 0.6 is 7.14 Å². The molecule has 51 heavy (non-hydrogen) atoms. The minimum atomic E-state index is -3.15. The maximum absolute atomic E-state index is 15.5. The highest BCUT2D eigenvalue weighted by molar-refractivity contribution is 7.86. The molecule has 2 aromatic heterocycles. The van der Waals surface area contributed by atoms with E-state index in [2.05, 4.69) is 114 Å². The highest BCUT2D eigenvalue weighted by Crippen LogP contribution is 2.54. The van der Waals surface area contributed by atoms with Gasteiger partial charge in [-0.2, -0.15) is 0 Å². The summed E-state index contributed by atoms with van der Waals surface area (Å²) in [5, 5.41) is 4.79. The summed E-state index contributed by atoms with van der Waals surface area (Å²) >= 11 is 0. The second-order valence-corrected chi connectivity index (χ2v) is 15.6. The lowest BCUT2D eigenvalue weighted by atomic mass is 10.0. The van der Waals surface area contributed by atoms with Crippen molar-refractivity contribution in [2.24, 2.45) is 0 Å². The summed E-state index contributed by atoms with van der Waals surface area (Å²) in [6, 6.07) is 62.1. The summed E-state index contributed by atoms with van der Waals surface area (Å²) in [6.45, 7) is 0. The van der Waals surface area contributed by atoms with E-state index in [0.717, 1.165) is 77.0 Å². The molecule has 0 spiro atoms. The molecule has 4 nitrogen and oxygen atoms in total. The number of benzene rings is 7. The summed E-state index contributed by atoms with van der Waals surface area (Å²) in [5.41, 5.74) is 9.12. The molecule has 0 aliphatic carbocycles. The molecule has 0 amide bonds. The SMILES string of the molecule is O=P1(c2ccccc2)c2ccccc2-c2c1ccc1c3ccccc3n(-c3cc(-c4ccc(-c5ccccc5)cc4)nc(-c4ccccc4)n3)c21. The third kappa shape index (κ3) is 4.58. The molecule has 0 radical (unpaired) electrons. The first-order chi connectivity index (χ1) is 25.2. The van der Waals surface area contributed by atoms with Gasteiger partial charge >= 0.3 is 0 Å². The lowest BCUT2D eigenvalue weighted by Gasteiger charge is -2.16. The van der Waals surface area contributed by atoms with Crippen molar-refractivity contribution in [3.8, 4) is 50.7 Å². The van der Waals surface area contributed by atoms with Crippen LogP contribution in [0.3, 0.4) is 0 Å². The minimum Gasteiger partial charge on any atom is -0.309 e. The van der Waals surface area contributed by atoms with Gasteiger partial charge < -0.3 is 4.57 Å². The molecule has 0 saturated heterocycles. The van der Waals surface area contributed by atoms with Gasteiger partial charge in [0.2, 0.25) is 0 Å². The third-order valence-corrected chi connectivity index (χ3v) is 13.2. The highest BCUT2D eigenvalue weighted by Gasteiger charge is 2.42. The second-order valence-electron chi connectivity index (χ2n) is 12.9. The van der Waals surface area contributed by atoms with Crippen molar-refractivity contribution in [1.82, 2.24) is 14.5 Å². The van der Waals surface area contributed by atoms with Gasteiger partial charge in [-0.05, 0) is 28.8 Å². The normalized spacial score (nSPS) is 14.8. The Morgan fingerprint density at radius 3 is 1.84 bits per heavy atom. The molecule has 0 N–H and O–H groups in total. The lowest BCUT2D eigenvalue weighted by Crippen LogP contribution is -2.20. The Labute approximate surface area is 295 Å². The molecule has 0 saturated carbocycles. The Hall–Kier alpha value is -6.35. The van der Waals surface area contributed by atoms with E-state index >= 15 is 4.57 Å². The maximum atomic E-state index is 15.5. The van der Waals surface area contributed by atoms with Gasteiger partial charge in [-0.1, -0.05) is 164 Å². The molecule has 0 bridgehead atoms. The largest absolute Gasteiger partial charge is 0.309 e. The number of nitrogens with zero attached hydrogens (tertiary/aromatic N) is 3. The Balaban J connectivity index is 1.27. The molecular weight excluding hydrogens is 642 g/mol. The Bertz CT molecular complexity index is 2810. The third-order valence-electron chi connectivity index (χ3n) is 10.0. The van der Waals surface area contributed by atoms with Crippen LogP contribution in [0, 0.1) is 0 Å². The van der Waals surface area contributed by atoms with E-state index in [0.29, 0.717) is 5.82 Å². The number of aromatic nitrogens is 3. The average molecular weight is 672 g/mol. The second kappa shape index (κ2) is 11.6. The number of fused-ring (bicyclic) bond motifs is 7. The van der Waals surface area contributed by atoms with Crippen molar-refractivity contribution in [2.75, 3.05) is 0 Å². The number of hydrogen-bond donors (Lipinski definition) is 0. The first kappa shape index (κ1) is 29.6. The highest BCUT2D eigenvalue weighted by atomic mass is 31.2. The standard InChI is InChI=1S/C46H30N3OP/c50-51(35-18-8-3-9-19-35)41-23-13-11-21-38(41)44-42(51)29-28-37-36-20-10-12-22-40(36)49(45(37)44)43-30-39(47-46(48-43)34-16-6-2-7-17-34)33-26-24-32(25-27-33)31-14-4-1-5-15-31/h1-30H. The Morgan fingerprint density at radius 1 is 0.471 bits per heavy atom. The monoisotopic (exact) mass is 671 g/mol. The molecule has 3 heterocycles. The fourth-order valence-corrected chi connectivity index (χ4v) is 10.8. The smallest absolute Gasteiger partial charge is 0.172 e. The zero-order valence-corrected chi connectivity index (χ0v) is 28.4. The molecule has 5 heteroatoms. The van der Waals surface area contributed by atoms with Crippen molar-refractivity contribution in [3.63, 3.8) is 0 Å². The van der Waals surface area contributed by atoms with Gasteiger partial charge in [0.15, 0.2) is 13.0 Å². The van der Waals surface area contributed by atoms with Crippen molar-refractivity contribution in [3.05, 3.63) is 182 Å². The number of para-hydroxylation sites is 1. The molecule has 240 valence electrons. The molecule has 9 aromatic rings. The van der Waals surface area contributed by atoms with Crippen molar-refractivity contribution in [2.45, 2.75) is 0 Å². The fourth-order valence-electron chi connectivity index (χ4n) is 7.70. The number of rotatable bonds is 5. The van der Waals surface area contributed by atoms with Gasteiger partial charge in [0, 0.05) is 49.4 Å². The van der Waals surface area contributed by atoms with Gasteiger partial charge in [-0.15, -0.1) is 0 Å². The van der Waals surface area contributed by atoms with Crippen LogP contribution in [0.25, 0.3) is 72.5 Å². The van der Waals surface area contributed by atoms with Crippen molar-refractivity contribution < 1.29 is 4.57 Å². The summed E-state index contributed by atoms with van der Waals surface area (Å²) < 4.78 is 17.8. The predicted octanol–water partition coefficient (Wildman–Crippen LogP) is 10.2. The summed E-state index contributed by atoms with van der Waals surface area (Å²) in [7, 11) is -3.15. The van der Waals surface area contributed by atoms with Crippen LogP contribution in [0.15, 0.2) is 182 Å². The van der Waals surface area contributed by atoms with Crippen LogP contribution in [0.2, 0.25) is 0 Å². The quantitative estimate of drug-likeness (QED) is 0.171. The minimum absolute atomic E-state index is 0.643. The van der Waals surface area contributed by atoms with Crippen LogP contribution < -0.4 is 15.9 Å². The molecule has 1 unspecified atom stereocenters. The first-order valence-electron chi connectivity index (χ1n) is 17.1. The molecule has 1 aliphatic heterocycles. The van der Waals surface area contributed by atoms with Crippen molar-refractivity contribution >= 4 is 44.9 Å². The molecule has 0 fully saturated rings. The van der Waals surface area contributed by atoms with Crippen LogP contribution in [-0.4, -0.2) is 14.5 Å². The fraction of sp³-hybridized carbons (Fsp3) is 0. The topological polar surface area (TPSA) is 47.8 Å². The van der Waals surface area contributed by atoms with E-state index in [-0.39, 0.29) is 0 Å². The molecule has 10 rings (SSSR count). The van der Waals surface area contributed by atoms with E-state index in [1.54, 1.807) is 0 Å². The zero-order valence-electron chi connectivity index (χ0n) is 27.5. The van der Waals surface area contributed by atoms with Gasteiger partial charge in [0.05, 0.1) is 16.7 Å². The molecule has 1 aliphatic rings. The van der Waals surface area contributed by atoms with Crippen LogP contribution in [0.1, 0.15) is 0 Å². The predicted molar refractivity (Wildman–Crippen MR) is 211 cm³/mol. The van der Waals surface area contributed by atoms with Gasteiger partial charge in [-0.3, -0.25) is 4.57 Å². The zero-order chi connectivity index (χ0) is 33.9. The summed E-state index contributed by atoms with van der Waals surface area (Å²) in [5.74, 6) is 1.40. The Kier molecular flexibility index (Phi) is 6.74. The van der Waals surface area contributed by atoms with E-state index in [4.69, 9.17) is 9.97 Å². The van der Waals surface area contributed by atoms with E-state index in [9.17, 15) is 0 Å². The number of hydrogen-bond acceptors (Lipinski definition) is 3. The van der Waals surface area contributed by atoms with Crippen molar-refractivity contribution in [1.29, 1.82) is 0 Å². The summed E-state index contributed by atoms with van der Waals surface area (Å²) in [4.78, 5) is 10.4. The molecular formula is C46H30N3OP.